The van der Waals surface area contributed by atoms with Crippen LogP contribution in [0.5, 0.6) is 0 Å². The average molecular weight is 194 g/mol. The molecule has 0 aromatic rings. The predicted octanol–water partition coefficient (Wildman–Crippen LogP) is 0.695. The largest absolute Gasteiger partial charge is 0.340 e. The summed E-state index contributed by atoms with van der Waals surface area (Å²) >= 11 is 0. The van der Waals surface area contributed by atoms with E-state index in [0.717, 1.165) is 4.90 Å². The Morgan fingerprint density at radius 1 is 1.54 bits per heavy atom. The Bertz CT molecular complexity index is 164. The highest BCUT2D eigenvalue weighted by molar-refractivity contribution is 5.78. The van der Waals surface area contributed by atoms with Gasteiger partial charge in [0.15, 0.2) is 0 Å². The maximum atomic E-state index is 11.9. The first-order valence-electron chi connectivity index (χ1n) is 4.22. The maximum Gasteiger partial charge on any atom is 0.255 e. The molecule has 0 saturated heterocycles. The normalized spacial score (nSPS) is 13.1. The van der Waals surface area contributed by atoms with E-state index in [9.17, 15) is 13.6 Å². The average Bonchev–Trinajstić information content (AvgIpc) is 2.02. The summed E-state index contributed by atoms with van der Waals surface area (Å²) in [7, 11) is 1.38. The van der Waals surface area contributed by atoms with Crippen molar-refractivity contribution in [2.24, 2.45) is 11.7 Å². The number of alkyl halides is 2. The number of nitrogens with two attached hydrogens (primary N) is 1. The van der Waals surface area contributed by atoms with Crippen LogP contribution < -0.4 is 5.73 Å². The molecule has 0 aliphatic carbocycles. The van der Waals surface area contributed by atoms with Crippen molar-refractivity contribution in [2.45, 2.75) is 19.8 Å². The lowest BCUT2D eigenvalue weighted by Gasteiger charge is -2.20. The highest BCUT2D eigenvalue weighted by Crippen LogP contribution is 2.06. The second-order valence-electron chi connectivity index (χ2n) is 3.09. The summed E-state index contributed by atoms with van der Waals surface area (Å²) < 4.78 is 23.8. The van der Waals surface area contributed by atoms with E-state index in [1.165, 1.54) is 7.05 Å². The van der Waals surface area contributed by atoms with E-state index in [1.807, 2.05) is 0 Å². The van der Waals surface area contributed by atoms with E-state index >= 15 is 0 Å². The lowest BCUT2D eigenvalue weighted by molar-refractivity contribution is -0.135. The molecule has 0 radical (unpaired) electrons. The van der Waals surface area contributed by atoms with Crippen LogP contribution in [0.15, 0.2) is 0 Å². The molecule has 1 unspecified atom stereocenters. The first-order valence-corrected chi connectivity index (χ1v) is 4.22. The van der Waals surface area contributed by atoms with Crippen LogP contribution in [0.4, 0.5) is 8.78 Å². The Morgan fingerprint density at radius 3 is 2.46 bits per heavy atom. The van der Waals surface area contributed by atoms with E-state index in [0.29, 0.717) is 13.0 Å². The van der Waals surface area contributed by atoms with Gasteiger partial charge in [-0.25, -0.2) is 8.78 Å². The molecule has 0 aliphatic heterocycles. The van der Waals surface area contributed by atoms with Crippen molar-refractivity contribution in [1.29, 1.82) is 0 Å². The van der Waals surface area contributed by atoms with Gasteiger partial charge in [0.2, 0.25) is 5.91 Å². The highest BCUT2D eigenvalue weighted by Gasteiger charge is 2.19. The fourth-order valence-electron chi connectivity index (χ4n) is 1.05. The molecular weight excluding hydrogens is 178 g/mol. The summed E-state index contributed by atoms with van der Waals surface area (Å²) in [5, 5.41) is 0. The number of carbonyl (C=O) groups is 1. The molecule has 0 fully saturated rings. The van der Waals surface area contributed by atoms with E-state index in [2.05, 4.69) is 0 Å². The third-order valence-corrected chi connectivity index (χ3v) is 1.81. The standard InChI is InChI=1S/C8H16F2N2O/c1-6(3-4-11)8(13)12(2)5-7(9)10/h6-7H,3-5,11H2,1-2H3. The molecule has 0 rings (SSSR count). The van der Waals surface area contributed by atoms with E-state index in [4.69, 9.17) is 5.73 Å². The van der Waals surface area contributed by atoms with Crippen molar-refractivity contribution in [1.82, 2.24) is 4.90 Å². The molecule has 2 N–H and O–H groups in total. The van der Waals surface area contributed by atoms with Crippen molar-refractivity contribution in [3.05, 3.63) is 0 Å². The Labute approximate surface area is 76.9 Å². The molecule has 0 bridgehead atoms. The summed E-state index contributed by atoms with van der Waals surface area (Å²) in [6.45, 7) is 1.58. The monoisotopic (exact) mass is 194 g/mol. The third-order valence-electron chi connectivity index (χ3n) is 1.81. The zero-order valence-electron chi connectivity index (χ0n) is 7.96. The summed E-state index contributed by atoms with van der Waals surface area (Å²) in [5.41, 5.74) is 5.25. The third kappa shape index (κ3) is 4.77. The van der Waals surface area contributed by atoms with E-state index in [1.54, 1.807) is 6.92 Å². The Kier molecular flexibility index (Phi) is 5.53. The number of rotatable bonds is 5. The van der Waals surface area contributed by atoms with Gasteiger partial charge in [0, 0.05) is 13.0 Å². The van der Waals surface area contributed by atoms with Crippen LogP contribution in [-0.4, -0.2) is 37.4 Å². The molecule has 0 saturated carbocycles. The predicted molar refractivity (Wildman–Crippen MR) is 46.5 cm³/mol. The minimum atomic E-state index is -2.47. The molecule has 1 atom stereocenters. The molecule has 0 aromatic heterocycles. The maximum absolute atomic E-state index is 11.9. The van der Waals surface area contributed by atoms with Gasteiger partial charge in [0.05, 0.1) is 6.54 Å². The Morgan fingerprint density at radius 2 is 2.08 bits per heavy atom. The van der Waals surface area contributed by atoms with Gasteiger partial charge >= 0.3 is 0 Å². The minimum Gasteiger partial charge on any atom is -0.340 e. The van der Waals surface area contributed by atoms with Crippen molar-refractivity contribution < 1.29 is 13.6 Å². The highest BCUT2D eigenvalue weighted by atomic mass is 19.3. The van der Waals surface area contributed by atoms with Crippen LogP contribution in [0, 0.1) is 5.92 Å². The van der Waals surface area contributed by atoms with Crippen LogP contribution in [0.1, 0.15) is 13.3 Å². The SMILES string of the molecule is CC(CCN)C(=O)N(C)CC(F)F. The van der Waals surface area contributed by atoms with Crippen LogP contribution in [0.2, 0.25) is 0 Å². The number of amides is 1. The first-order chi connectivity index (χ1) is 5.99. The molecule has 3 nitrogen and oxygen atoms in total. The van der Waals surface area contributed by atoms with Crippen molar-refractivity contribution in [2.75, 3.05) is 20.1 Å². The molecule has 0 heterocycles. The topological polar surface area (TPSA) is 46.3 Å². The molecule has 0 aromatic carbocycles. The summed E-state index contributed by atoms with van der Waals surface area (Å²) in [6, 6.07) is 0. The minimum absolute atomic E-state index is 0.270. The van der Waals surface area contributed by atoms with Gasteiger partial charge in [0.1, 0.15) is 0 Å². The smallest absolute Gasteiger partial charge is 0.255 e. The van der Waals surface area contributed by atoms with Crippen LogP contribution in [0.3, 0.4) is 0 Å². The van der Waals surface area contributed by atoms with E-state index < -0.39 is 13.0 Å². The van der Waals surface area contributed by atoms with Crippen molar-refractivity contribution in [3.63, 3.8) is 0 Å². The molecule has 1 amide bonds. The molecule has 0 spiro atoms. The molecule has 13 heavy (non-hydrogen) atoms. The molecule has 5 heteroatoms. The van der Waals surface area contributed by atoms with Crippen LogP contribution >= 0.6 is 0 Å². The molecule has 78 valence electrons. The van der Waals surface area contributed by atoms with Crippen LogP contribution in [0.25, 0.3) is 0 Å². The van der Waals surface area contributed by atoms with Gasteiger partial charge < -0.3 is 10.6 Å². The number of hydrogen-bond acceptors (Lipinski definition) is 2. The number of halogens is 2. The zero-order valence-corrected chi connectivity index (χ0v) is 7.96. The zero-order chi connectivity index (χ0) is 10.4. The Balaban J connectivity index is 3.94. The lowest BCUT2D eigenvalue weighted by Crippen LogP contribution is -2.35. The van der Waals surface area contributed by atoms with Gasteiger partial charge in [-0.1, -0.05) is 6.92 Å². The van der Waals surface area contributed by atoms with Gasteiger partial charge in [-0.3, -0.25) is 4.79 Å². The second kappa shape index (κ2) is 5.85. The summed E-state index contributed by atoms with van der Waals surface area (Å²) in [5.74, 6) is -0.542. The number of nitrogens with zero attached hydrogens (tertiary/aromatic N) is 1. The van der Waals surface area contributed by atoms with Crippen molar-refractivity contribution in [3.8, 4) is 0 Å². The lowest BCUT2D eigenvalue weighted by atomic mass is 10.1. The fraction of sp³-hybridized carbons (Fsp3) is 0.875. The van der Waals surface area contributed by atoms with Gasteiger partial charge in [-0.15, -0.1) is 0 Å². The van der Waals surface area contributed by atoms with Crippen LogP contribution in [-0.2, 0) is 4.79 Å². The fourth-order valence-corrected chi connectivity index (χ4v) is 1.05. The number of hydrogen-bond donors (Lipinski definition) is 1. The van der Waals surface area contributed by atoms with E-state index in [-0.39, 0.29) is 11.8 Å². The van der Waals surface area contributed by atoms with Gasteiger partial charge in [-0.2, -0.15) is 0 Å². The second-order valence-corrected chi connectivity index (χ2v) is 3.09. The number of carbonyl (C=O) groups excluding carboxylic acids is 1. The van der Waals surface area contributed by atoms with Gasteiger partial charge in [0.25, 0.3) is 6.43 Å². The van der Waals surface area contributed by atoms with Crippen molar-refractivity contribution >= 4 is 5.91 Å². The summed E-state index contributed by atoms with van der Waals surface area (Å²) in [4.78, 5) is 12.4. The molecular formula is C8H16F2N2O. The van der Waals surface area contributed by atoms with Gasteiger partial charge in [-0.05, 0) is 13.0 Å². The molecule has 0 aliphatic rings. The summed E-state index contributed by atoms with van der Waals surface area (Å²) in [6.07, 6.45) is -1.94. The first kappa shape index (κ1) is 12.3. The quantitative estimate of drug-likeness (QED) is 0.700. The Hall–Kier alpha value is -0.710.